The topological polar surface area (TPSA) is 104 Å². The number of hydrogen-bond acceptors (Lipinski definition) is 4. The van der Waals surface area contributed by atoms with Gasteiger partial charge in [0.25, 0.3) is 0 Å². The lowest BCUT2D eigenvalue weighted by Gasteiger charge is -2.55. The van der Waals surface area contributed by atoms with Crippen molar-refractivity contribution in [1.29, 1.82) is 0 Å². The molecule has 1 aromatic rings. The summed E-state index contributed by atoms with van der Waals surface area (Å²) < 4.78 is 27.2. The normalized spacial score (nSPS) is 29.6. The zero-order valence-corrected chi connectivity index (χ0v) is 18.5. The Kier molecular flexibility index (Phi) is 5.66. The first kappa shape index (κ1) is 21.3. The zero-order valence-electron chi connectivity index (χ0n) is 17.7. The molecule has 8 heteroatoms. The van der Waals surface area contributed by atoms with Crippen LogP contribution in [0.4, 0.5) is 0 Å². The lowest BCUT2D eigenvalue weighted by Crippen LogP contribution is -2.56. The predicted molar refractivity (Wildman–Crippen MR) is 113 cm³/mol. The van der Waals surface area contributed by atoms with Crippen LogP contribution in [-0.4, -0.2) is 26.8 Å². The lowest BCUT2D eigenvalue weighted by atomic mass is 9.49. The second-order valence-corrected chi connectivity index (χ2v) is 11.4. The molecule has 0 atom stereocenters. The Morgan fingerprint density at radius 2 is 1.57 bits per heavy atom. The van der Waals surface area contributed by atoms with E-state index in [4.69, 9.17) is 0 Å². The van der Waals surface area contributed by atoms with Crippen LogP contribution in [-0.2, 0) is 19.6 Å². The Morgan fingerprint density at radius 1 is 0.967 bits per heavy atom. The maximum Gasteiger partial charge on any atom is 0.244 e. The molecule has 3 N–H and O–H groups in total. The van der Waals surface area contributed by atoms with E-state index in [0.29, 0.717) is 17.8 Å². The van der Waals surface area contributed by atoms with E-state index in [1.54, 1.807) is 18.2 Å². The van der Waals surface area contributed by atoms with Crippen LogP contribution in [0.15, 0.2) is 23.1 Å². The average Bonchev–Trinajstić information content (AvgIpc) is 2.67. The maximum absolute atomic E-state index is 12.8. The molecule has 0 aromatic heterocycles. The van der Waals surface area contributed by atoms with Crippen molar-refractivity contribution in [3.63, 3.8) is 0 Å². The van der Waals surface area contributed by atoms with Crippen LogP contribution in [0.25, 0.3) is 0 Å². The highest BCUT2D eigenvalue weighted by Crippen LogP contribution is 2.60. The molecule has 4 aliphatic rings. The van der Waals surface area contributed by atoms with Crippen LogP contribution < -0.4 is 15.6 Å². The van der Waals surface area contributed by atoms with E-state index in [0.717, 1.165) is 30.4 Å². The highest BCUT2D eigenvalue weighted by atomic mass is 32.2. The Balaban J connectivity index is 1.24. The number of rotatable bonds is 6. The van der Waals surface area contributed by atoms with Crippen molar-refractivity contribution in [3.05, 3.63) is 29.3 Å². The number of sulfonamides is 1. The van der Waals surface area contributed by atoms with Gasteiger partial charge in [-0.3, -0.25) is 20.4 Å². The summed E-state index contributed by atoms with van der Waals surface area (Å²) in [5, 5.41) is 0. The molecule has 0 heterocycles. The maximum atomic E-state index is 12.8. The molecule has 0 radical (unpaired) electrons. The summed E-state index contributed by atoms with van der Waals surface area (Å²) in [6, 6.07) is 4.93. The van der Waals surface area contributed by atoms with E-state index >= 15 is 0 Å². The van der Waals surface area contributed by atoms with Gasteiger partial charge in [0.2, 0.25) is 21.8 Å². The molecule has 5 rings (SSSR count). The molecule has 30 heavy (non-hydrogen) atoms. The number of nitrogens with one attached hydrogen (secondary N) is 3. The first-order chi connectivity index (χ1) is 14.2. The van der Waals surface area contributed by atoms with Gasteiger partial charge in [0.15, 0.2) is 0 Å². The van der Waals surface area contributed by atoms with Crippen molar-refractivity contribution in [3.8, 4) is 0 Å². The summed E-state index contributed by atoms with van der Waals surface area (Å²) in [5.41, 5.74) is 6.68. The summed E-state index contributed by atoms with van der Waals surface area (Å²) in [6.45, 7) is 3.74. The van der Waals surface area contributed by atoms with Gasteiger partial charge in [-0.25, -0.2) is 13.1 Å². The molecule has 164 valence electrons. The van der Waals surface area contributed by atoms with Gasteiger partial charge in [0.05, 0.1) is 10.3 Å². The van der Waals surface area contributed by atoms with Crippen molar-refractivity contribution in [2.45, 2.75) is 63.7 Å². The van der Waals surface area contributed by atoms with Crippen LogP contribution in [0.2, 0.25) is 0 Å². The van der Waals surface area contributed by atoms with E-state index in [1.165, 1.54) is 19.3 Å². The van der Waals surface area contributed by atoms with E-state index in [-0.39, 0.29) is 29.2 Å². The second kappa shape index (κ2) is 7.96. The molecule has 4 saturated carbocycles. The first-order valence-corrected chi connectivity index (χ1v) is 12.3. The van der Waals surface area contributed by atoms with Gasteiger partial charge >= 0.3 is 0 Å². The van der Waals surface area contributed by atoms with Crippen molar-refractivity contribution in [2.75, 3.05) is 6.54 Å². The van der Waals surface area contributed by atoms with Crippen LogP contribution in [0.1, 0.15) is 56.1 Å². The van der Waals surface area contributed by atoms with Crippen molar-refractivity contribution >= 4 is 21.8 Å². The minimum Gasteiger partial charge on any atom is -0.273 e. The monoisotopic (exact) mass is 433 g/mol. The van der Waals surface area contributed by atoms with Gasteiger partial charge in [-0.2, -0.15) is 0 Å². The quantitative estimate of drug-likeness (QED) is 0.599. The van der Waals surface area contributed by atoms with Gasteiger partial charge in [-0.15, -0.1) is 0 Å². The molecule has 0 unspecified atom stereocenters. The number of hydrazine groups is 1. The van der Waals surface area contributed by atoms with Gasteiger partial charge in [-0.1, -0.05) is 6.07 Å². The van der Waals surface area contributed by atoms with Crippen LogP contribution in [0, 0.1) is 37.0 Å². The summed E-state index contributed by atoms with van der Waals surface area (Å²) >= 11 is 0. The molecule has 0 aliphatic heterocycles. The zero-order chi connectivity index (χ0) is 21.5. The fraction of sp³-hybridized carbons (Fsp3) is 0.636. The SMILES string of the molecule is Cc1ccc(S(=O)(=O)NCCC(=O)NNC(=O)C23CC4CC(CC(C4)C2)C3)cc1C. The average molecular weight is 434 g/mol. The molecule has 4 aliphatic carbocycles. The Bertz CT molecular complexity index is 922. The second-order valence-electron chi connectivity index (χ2n) is 9.59. The summed E-state index contributed by atoms with van der Waals surface area (Å²) in [7, 11) is -3.67. The van der Waals surface area contributed by atoms with Crippen LogP contribution >= 0.6 is 0 Å². The summed E-state index contributed by atoms with van der Waals surface area (Å²) in [5.74, 6) is 1.47. The smallest absolute Gasteiger partial charge is 0.244 e. The molecule has 4 bridgehead atoms. The molecular formula is C22H31N3O4S. The predicted octanol–water partition coefficient (Wildman–Crippen LogP) is 2.34. The Labute approximate surface area is 178 Å². The fourth-order valence-corrected chi connectivity index (χ4v) is 7.09. The van der Waals surface area contributed by atoms with Gasteiger partial charge in [0, 0.05) is 13.0 Å². The number of aryl methyl sites for hydroxylation is 2. The number of hydrogen-bond donors (Lipinski definition) is 3. The third-order valence-electron chi connectivity index (χ3n) is 7.27. The third kappa shape index (κ3) is 4.25. The molecule has 2 amide bonds. The number of carbonyl (C=O) groups is 2. The van der Waals surface area contributed by atoms with Gasteiger partial charge in [-0.05, 0) is 93.4 Å². The highest BCUT2D eigenvalue weighted by Gasteiger charge is 2.54. The number of benzene rings is 1. The van der Waals surface area contributed by atoms with Gasteiger partial charge < -0.3 is 0 Å². The van der Waals surface area contributed by atoms with E-state index in [2.05, 4.69) is 15.6 Å². The summed E-state index contributed by atoms with van der Waals surface area (Å²) in [6.07, 6.45) is 6.48. The van der Waals surface area contributed by atoms with Crippen LogP contribution in [0.3, 0.4) is 0 Å². The molecule has 0 spiro atoms. The number of amides is 2. The standard InChI is InChI=1S/C22H31N3O4S/c1-14-3-4-19(7-15(14)2)30(28,29)23-6-5-20(26)24-25-21(27)22-11-16-8-17(12-22)10-18(9-16)13-22/h3-4,7,16-18,23H,5-6,8-13H2,1-2H3,(H,24,26)(H,25,27). The molecule has 0 saturated heterocycles. The molecular weight excluding hydrogens is 402 g/mol. The van der Waals surface area contributed by atoms with Crippen LogP contribution in [0.5, 0.6) is 0 Å². The van der Waals surface area contributed by atoms with Gasteiger partial charge in [0.1, 0.15) is 0 Å². The lowest BCUT2D eigenvalue weighted by molar-refractivity contribution is -0.148. The van der Waals surface area contributed by atoms with E-state index in [9.17, 15) is 18.0 Å². The van der Waals surface area contributed by atoms with Crippen molar-refractivity contribution in [2.24, 2.45) is 23.2 Å². The fourth-order valence-electron chi connectivity index (χ4n) is 5.97. The van der Waals surface area contributed by atoms with Crippen molar-refractivity contribution in [1.82, 2.24) is 15.6 Å². The first-order valence-electron chi connectivity index (χ1n) is 10.8. The minimum atomic E-state index is -3.67. The van der Waals surface area contributed by atoms with Crippen molar-refractivity contribution < 1.29 is 18.0 Å². The van der Waals surface area contributed by atoms with E-state index in [1.807, 2.05) is 13.8 Å². The molecule has 4 fully saturated rings. The largest absolute Gasteiger partial charge is 0.273 e. The molecule has 7 nitrogen and oxygen atoms in total. The Morgan fingerprint density at radius 3 is 2.13 bits per heavy atom. The highest BCUT2D eigenvalue weighted by molar-refractivity contribution is 7.89. The summed E-state index contributed by atoms with van der Waals surface area (Å²) in [4.78, 5) is 25.2. The Hall–Kier alpha value is -1.93. The molecule has 1 aromatic carbocycles. The van der Waals surface area contributed by atoms with E-state index < -0.39 is 15.9 Å². The number of carbonyl (C=O) groups excluding carboxylic acids is 2. The minimum absolute atomic E-state index is 0.0334. The third-order valence-corrected chi connectivity index (χ3v) is 8.73.